The zero-order valence-electron chi connectivity index (χ0n) is 9.81. The van der Waals surface area contributed by atoms with Crippen LogP contribution in [0.2, 0.25) is 10.0 Å². The lowest BCUT2D eigenvalue weighted by molar-refractivity contribution is 0.0697. The number of carboxylic acid groups (broad SMARTS) is 1. The Kier molecular flexibility index (Phi) is 4.25. The van der Waals surface area contributed by atoms with Gasteiger partial charge in [-0.2, -0.15) is 0 Å². The van der Waals surface area contributed by atoms with Gasteiger partial charge in [0.1, 0.15) is 0 Å². The molecule has 1 N–H and O–H groups in total. The minimum absolute atomic E-state index is 0.267. The van der Waals surface area contributed by atoms with Crippen LogP contribution in [-0.4, -0.2) is 11.1 Å². The van der Waals surface area contributed by atoms with Crippen molar-refractivity contribution in [2.45, 2.75) is 0 Å². The van der Waals surface area contributed by atoms with Crippen LogP contribution in [0.3, 0.4) is 0 Å². The number of carbonyl (C=O) groups is 1. The zero-order chi connectivity index (χ0) is 13.8. The van der Waals surface area contributed by atoms with Crippen molar-refractivity contribution in [3.8, 4) is 0 Å². The van der Waals surface area contributed by atoms with Crippen LogP contribution < -0.4 is 0 Å². The molecule has 0 fully saturated rings. The molecule has 0 aliphatic heterocycles. The molecule has 2 rings (SSSR count). The summed E-state index contributed by atoms with van der Waals surface area (Å²) in [5.41, 5.74) is 2.06. The average molecular weight is 293 g/mol. The van der Waals surface area contributed by atoms with Crippen molar-refractivity contribution in [2.75, 3.05) is 0 Å². The van der Waals surface area contributed by atoms with E-state index in [2.05, 4.69) is 0 Å². The van der Waals surface area contributed by atoms with Crippen LogP contribution in [0.15, 0.2) is 42.5 Å². The molecule has 0 saturated heterocycles. The van der Waals surface area contributed by atoms with Crippen LogP contribution >= 0.6 is 23.2 Å². The van der Waals surface area contributed by atoms with E-state index in [0.29, 0.717) is 10.0 Å². The van der Waals surface area contributed by atoms with Gasteiger partial charge in [0.25, 0.3) is 0 Å². The Morgan fingerprint density at radius 1 is 0.895 bits per heavy atom. The van der Waals surface area contributed by atoms with Crippen molar-refractivity contribution in [1.82, 2.24) is 0 Å². The highest BCUT2D eigenvalue weighted by Crippen LogP contribution is 2.20. The number of carboxylic acids is 1. The van der Waals surface area contributed by atoms with E-state index in [9.17, 15) is 4.79 Å². The second kappa shape index (κ2) is 5.91. The number of halogens is 2. The zero-order valence-corrected chi connectivity index (χ0v) is 11.3. The average Bonchev–Trinajstić information content (AvgIpc) is 2.36. The van der Waals surface area contributed by atoms with E-state index < -0.39 is 5.97 Å². The number of hydrogen-bond acceptors (Lipinski definition) is 1. The van der Waals surface area contributed by atoms with Crippen LogP contribution in [0.1, 0.15) is 21.5 Å². The van der Waals surface area contributed by atoms with Crippen LogP contribution in [0.25, 0.3) is 12.2 Å². The van der Waals surface area contributed by atoms with Gasteiger partial charge >= 0.3 is 5.97 Å². The van der Waals surface area contributed by atoms with Crippen molar-refractivity contribution in [1.29, 1.82) is 0 Å². The van der Waals surface area contributed by atoms with Gasteiger partial charge in [0.05, 0.1) is 5.56 Å². The number of hydrogen-bond donors (Lipinski definition) is 1. The second-order valence-corrected chi connectivity index (χ2v) is 4.84. The largest absolute Gasteiger partial charge is 0.478 e. The first-order valence-corrected chi connectivity index (χ1v) is 6.28. The third-order valence-corrected chi connectivity index (χ3v) is 2.95. The summed E-state index contributed by atoms with van der Waals surface area (Å²) < 4.78 is 0. The lowest BCUT2D eigenvalue weighted by Gasteiger charge is -1.98. The minimum atomic E-state index is -0.933. The van der Waals surface area contributed by atoms with E-state index in [4.69, 9.17) is 28.3 Å². The third kappa shape index (κ3) is 3.85. The molecule has 0 unspecified atom stereocenters. The second-order valence-electron chi connectivity index (χ2n) is 3.96. The molecule has 2 nitrogen and oxygen atoms in total. The van der Waals surface area contributed by atoms with Gasteiger partial charge in [0, 0.05) is 10.0 Å². The summed E-state index contributed by atoms with van der Waals surface area (Å²) in [4.78, 5) is 10.7. The highest BCUT2D eigenvalue weighted by atomic mass is 35.5. The quantitative estimate of drug-likeness (QED) is 0.820. The van der Waals surface area contributed by atoms with Crippen molar-refractivity contribution in [3.05, 3.63) is 69.2 Å². The first-order valence-electron chi connectivity index (χ1n) is 5.52. The summed E-state index contributed by atoms with van der Waals surface area (Å²) in [6.45, 7) is 0. The van der Waals surface area contributed by atoms with Gasteiger partial charge in [0.2, 0.25) is 0 Å². The molecule has 0 aliphatic carbocycles. The van der Waals surface area contributed by atoms with Gasteiger partial charge in [-0.05, 0) is 41.5 Å². The fourth-order valence-electron chi connectivity index (χ4n) is 1.60. The highest BCUT2D eigenvalue weighted by molar-refractivity contribution is 6.34. The van der Waals surface area contributed by atoms with Crippen molar-refractivity contribution >= 4 is 41.3 Å². The third-order valence-electron chi connectivity index (χ3n) is 2.51. The maximum atomic E-state index is 10.7. The van der Waals surface area contributed by atoms with Gasteiger partial charge in [-0.25, -0.2) is 4.79 Å². The van der Waals surface area contributed by atoms with E-state index >= 15 is 0 Å². The molecule has 0 aliphatic rings. The molecule has 0 atom stereocenters. The summed E-state index contributed by atoms with van der Waals surface area (Å²) in [5.74, 6) is -0.933. The Labute approximate surface area is 120 Å². The summed E-state index contributed by atoms with van der Waals surface area (Å²) in [6, 6.07) is 11.9. The van der Waals surface area contributed by atoms with Crippen molar-refractivity contribution in [3.63, 3.8) is 0 Å². The molecule has 19 heavy (non-hydrogen) atoms. The Bertz CT molecular complexity index is 611. The first kappa shape index (κ1) is 13.7. The first-order chi connectivity index (χ1) is 9.04. The maximum Gasteiger partial charge on any atom is 0.335 e. The lowest BCUT2D eigenvalue weighted by Crippen LogP contribution is -1.94. The Morgan fingerprint density at radius 2 is 1.42 bits per heavy atom. The standard InChI is InChI=1S/C15H10Cl2O2/c16-13-7-11(8-14(17)9-13)2-1-10-3-5-12(6-4-10)15(18)19/h1-9H,(H,18,19)/b2-1+. The molecule has 4 heteroatoms. The van der Waals surface area contributed by atoms with E-state index in [1.807, 2.05) is 12.2 Å². The summed E-state index contributed by atoms with van der Waals surface area (Å²) in [6.07, 6.45) is 3.74. The number of aromatic carboxylic acids is 1. The summed E-state index contributed by atoms with van der Waals surface area (Å²) in [5, 5.41) is 9.95. The molecule has 0 amide bonds. The Morgan fingerprint density at radius 3 is 1.95 bits per heavy atom. The molecule has 0 radical (unpaired) electrons. The SMILES string of the molecule is O=C(O)c1ccc(/C=C/c2cc(Cl)cc(Cl)c2)cc1. The smallest absolute Gasteiger partial charge is 0.335 e. The van der Waals surface area contributed by atoms with Gasteiger partial charge in [-0.15, -0.1) is 0 Å². The van der Waals surface area contributed by atoms with Gasteiger partial charge in [-0.3, -0.25) is 0 Å². The highest BCUT2D eigenvalue weighted by Gasteiger charge is 2.00. The fraction of sp³-hybridized carbons (Fsp3) is 0. The van der Waals surface area contributed by atoms with Crippen LogP contribution in [-0.2, 0) is 0 Å². The Balaban J connectivity index is 2.20. The predicted molar refractivity (Wildman–Crippen MR) is 78.8 cm³/mol. The molecule has 0 saturated carbocycles. The normalized spacial score (nSPS) is 10.8. The van der Waals surface area contributed by atoms with E-state index in [1.165, 1.54) is 0 Å². The van der Waals surface area contributed by atoms with Gasteiger partial charge in [0.15, 0.2) is 0 Å². The number of rotatable bonds is 3. The lowest BCUT2D eigenvalue weighted by atomic mass is 10.1. The van der Waals surface area contributed by atoms with Gasteiger partial charge < -0.3 is 5.11 Å². The Hall–Kier alpha value is -1.77. The van der Waals surface area contributed by atoms with Crippen LogP contribution in [0, 0.1) is 0 Å². The topological polar surface area (TPSA) is 37.3 Å². The molecule has 2 aromatic carbocycles. The fourth-order valence-corrected chi connectivity index (χ4v) is 2.14. The molecule has 0 bridgehead atoms. The van der Waals surface area contributed by atoms with Crippen LogP contribution in [0.5, 0.6) is 0 Å². The summed E-state index contributed by atoms with van der Waals surface area (Å²) in [7, 11) is 0. The van der Waals surface area contributed by atoms with Crippen molar-refractivity contribution in [2.24, 2.45) is 0 Å². The molecule has 96 valence electrons. The van der Waals surface area contributed by atoms with E-state index in [0.717, 1.165) is 11.1 Å². The molecular weight excluding hydrogens is 283 g/mol. The minimum Gasteiger partial charge on any atom is -0.478 e. The number of benzene rings is 2. The molecule has 0 heterocycles. The molecule has 0 spiro atoms. The van der Waals surface area contributed by atoms with E-state index in [-0.39, 0.29) is 5.56 Å². The van der Waals surface area contributed by atoms with Gasteiger partial charge in [-0.1, -0.05) is 47.5 Å². The maximum absolute atomic E-state index is 10.7. The molecule has 2 aromatic rings. The predicted octanol–water partition coefficient (Wildman–Crippen LogP) is 4.86. The van der Waals surface area contributed by atoms with E-state index in [1.54, 1.807) is 42.5 Å². The molecular formula is C15H10Cl2O2. The summed E-state index contributed by atoms with van der Waals surface area (Å²) >= 11 is 11.8. The molecule has 0 aromatic heterocycles. The monoisotopic (exact) mass is 292 g/mol. The van der Waals surface area contributed by atoms with Crippen molar-refractivity contribution < 1.29 is 9.90 Å². The van der Waals surface area contributed by atoms with Crippen LogP contribution in [0.4, 0.5) is 0 Å².